The predicted octanol–water partition coefficient (Wildman–Crippen LogP) is 1.19. The molecule has 0 aliphatic carbocycles. The van der Waals surface area contributed by atoms with Gasteiger partial charge in [0.15, 0.2) is 11.5 Å². The third-order valence-electron chi connectivity index (χ3n) is 3.01. The molecule has 94 valence electrons. The number of fused-ring (bicyclic) bond motifs is 1. The van der Waals surface area contributed by atoms with E-state index in [1.165, 1.54) is 11.1 Å². The minimum absolute atomic E-state index is 0.0869. The van der Waals surface area contributed by atoms with Gasteiger partial charge in [0.2, 0.25) is 0 Å². The largest absolute Gasteiger partial charge is 0.486 e. The molecule has 0 aromatic heterocycles. The minimum Gasteiger partial charge on any atom is -0.486 e. The van der Waals surface area contributed by atoms with E-state index in [0.29, 0.717) is 13.2 Å². The van der Waals surface area contributed by atoms with Crippen LogP contribution in [0.1, 0.15) is 11.1 Å². The highest BCUT2D eigenvalue weighted by Gasteiger charge is 2.14. The van der Waals surface area contributed by atoms with Crippen molar-refractivity contribution < 1.29 is 14.6 Å². The third kappa shape index (κ3) is 2.90. The zero-order valence-corrected chi connectivity index (χ0v) is 10.4. The maximum absolute atomic E-state index is 8.96. The Morgan fingerprint density at radius 2 is 1.88 bits per heavy atom. The van der Waals surface area contributed by atoms with Gasteiger partial charge >= 0.3 is 0 Å². The van der Waals surface area contributed by atoms with E-state index in [-0.39, 0.29) is 6.73 Å². The van der Waals surface area contributed by atoms with Gasteiger partial charge in [0.1, 0.15) is 13.2 Å². The number of hydrogen-bond acceptors (Lipinski definition) is 4. The van der Waals surface area contributed by atoms with Crippen LogP contribution in [0.3, 0.4) is 0 Å². The zero-order valence-electron chi connectivity index (χ0n) is 10.4. The molecule has 0 atom stereocenters. The average Bonchev–Trinajstić information content (AvgIpc) is 2.35. The molecule has 0 bridgehead atoms. The van der Waals surface area contributed by atoms with E-state index in [1.807, 2.05) is 18.0 Å². The fraction of sp³-hybridized carbons (Fsp3) is 0.538. The first-order valence-electron chi connectivity index (χ1n) is 5.89. The Morgan fingerprint density at radius 1 is 1.24 bits per heavy atom. The van der Waals surface area contributed by atoms with Gasteiger partial charge in [-0.25, -0.2) is 0 Å². The number of rotatable bonds is 4. The fourth-order valence-corrected chi connectivity index (χ4v) is 1.88. The Kier molecular flexibility index (Phi) is 3.86. The first-order chi connectivity index (χ1) is 8.20. The maximum Gasteiger partial charge on any atom is 0.161 e. The van der Waals surface area contributed by atoms with E-state index in [2.05, 4.69) is 13.0 Å². The fourth-order valence-electron chi connectivity index (χ4n) is 1.88. The van der Waals surface area contributed by atoms with E-state index >= 15 is 0 Å². The Bertz CT molecular complexity index is 392. The summed E-state index contributed by atoms with van der Waals surface area (Å²) in [5, 5.41) is 8.96. The van der Waals surface area contributed by atoms with E-state index in [4.69, 9.17) is 14.6 Å². The summed E-state index contributed by atoms with van der Waals surface area (Å²) < 4.78 is 11.1. The van der Waals surface area contributed by atoms with Gasteiger partial charge in [-0.05, 0) is 43.7 Å². The lowest BCUT2D eigenvalue weighted by molar-refractivity contribution is 0.134. The van der Waals surface area contributed by atoms with Crippen molar-refractivity contribution >= 4 is 0 Å². The molecule has 4 nitrogen and oxygen atoms in total. The average molecular weight is 237 g/mol. The number of likely N-dealkylation sites (N-methyl/N-ethyl adjacent to an activating group) is 1. The van der Waals surface area contributed by atoms with Crippen molar-refractivity contribution in [1.29, 1.82) is 0 Å². The number of aliphatic hydroxyl groups excluding tert-OH is 1. The molecule has 0 amide bonds. The standard InChI is InChI=1S/C13H19NO3/c1-10-7-12-13(17-6-5-16-12)8-11(10)3-4-14(2)9-15/h7-8,15H,3-6,9H2,1-2H3. The van der Waals surface area contributed by atoms with Gasteiger partial charge in [0.25, 0.3) is 0 Å². The summed E-state index contributed by atoms with van der Waals surface area (Å²) in [6.45, 7) is 4.23. The molecule has 0 saturated heterocycles. The van der Waals surface area contributed by atoms with Crippen LogP contribution in [0.4, 0.5) is 0 Å². The molecule has 1 aromatic carbocycles. The molecule has 1 aliphatic rings. The second-order valence-corrected chi connectivity index (χ2v) is 4.39. The molecule has 4 heteroatoms. The van der Waals surface area contributed by atoms with Crippen LogP contribution in [0.5, 0.6) is 11.5 Å². The normalized spacial score (nSPS) is 14.1. The summed E-state index contributed by atoms with van der Waals surface area (Å²) in [4.78, 5) is 1.87. The molecular weight excluding hydrogens is 218 g/mol. The Morgan fingerprint density at radius 3 is 2.53 bits per heavy atom. The van der Waals surface area contributed by atoms with Gasteiger partial charge < -0.3 is 14.6 Å². The lowest BCUT2D eigenvalue weighted by atomic mass is 10.0. The Balaban J connectivity index is 2.11. The van der Waals surface area contributed by atoms with Gasteiger partial charge in [-0.3, -0.25) is 4.90 Å². The summed E-state index contributed by atoms with van der Waals surface area (Å²) in [5.41, 5.74) is 2.45. The van der Waals surface area contributed by atoms with E-state index in [1.54, 1.807) is 0 Å². The van der Waals surface area contributed by atoms with Crippen molar-refractivity contribution in [2.24, 2.45) is 0 Å². The Hall–Kier alpha value is -1.26. The number of ether oxygens (including phenoxy) is 2. The van der Waals surface area contributed by atoms with Crippen LogP contribution in [-0.4, -0.2) is 43.5 Å². The molecule has 0 fully saturated rings. The van der Waals surface area contributed by atoms with Crippen LogP contribution in [0.2, 0.25) is 0 Å². The highest BCUT2D eigenvalue weighted by Crippen LogP contribution is 2.33. The molecule has 2 rings (SSSR count). The topological polar surface area (TPSA) is 41.9 Å². The number of hydrogen-bond donors (Lipinski definition) is 1. The second kappa shape index (κ2) is 5.38. The predicted molar refractivity (Wildman–Crippen MR) is 65.6 cm³/mol. The first-order valence-corrected chi connectivity index (χ1v) is 5.89. The monoisotopic (exact) mass is 237 g/mol. The highest BCUT2D eigenvalue weighted by molar-refractivity contribution is 5.47. The zero-order chi connectivity index (χ0) is 12.3. The van der Waals surface area contributed by atoms with Crippen LogP contribution in [0, 0.1) is 6.92 Å². The molecule has 0 radical (unpaired) electrons. The number of benzene rings is 1. The Labute approximate surface area is 102 Å². The first kappa shape index (κ1) is 12.2. The summed E-state index contributed by atoms with van der Waals surface area (Å²) in [7, 11) is 1.90. The molecule has 0 saturated carbocycles. The molecule has 0 unspecified atom stereocenters. The second-order valence-electron chi connectivity index (χ2n) is 4.39. The summed E-state index contributed by atoms with van der Waals surface area (Å²) >= 11 is 0. The van der Waals surface area contributed by atoms with Crippen molar-refractivity contribution in [1.82, 2.24) is 4.90 Å². The van der Waals surface area contributed by atoms with Crippen LogP contribution in [0.15, 0.2) is 12.1 Å². The van der Waals surface area contributed by atoms with E-state index < -0.39 is 0 Å². The van der Waals surface area contributed by atoms with Crippen molar-refractivity contribution in [2.45, 2.75) is 13.3 Å². The van der Waals surface area contributed by atoms with Crippen LogP contribution in [0.25, 0.3) is 0 Å². The van der Waals surface area contributed by atoms with Crippen molar-refractivity contribution in [3.8, 4) is 11.5 Å². The van der Waals surface area contributed by atoms with Gasteiger partial charge in [0.05, 0.1) is 6.73 Å². The molecule has 1 N–H and O–H groups in total. The number of nitrogens with zero attached hydrogens (tertiary/aromatic N) is 1. The van der Waals surface area contributed by atoms with Gasteiger partial charge in [-0.15, -0.1) is 0 Å². The lowest BCUT2D eigenvalue weighted by Crippen LogP contribution is -2.22. The SMILES string of the molecule is Cc1cc2c(cc1CCN(C)CO)OCCO2. The summed E-state index contributed by atoms with van der Waals surface area (Å²) in [5.74, 6) is 1.68. The summed E-state index contributed by atoms with van der Waals surface area (Å²) in [6, 6.07) is 4.08. The van der Waals surface area contributed by atoms with Crippen LogP contribution >= 0.6 is 0 Å². The van der Waals surface area contributed by atoms with Crippen molar-refractivity contribution in [3.63, 3.8) is 0 Å². The summed E-state index contributed by atoms with van der Waals surface area (Å²) in [6.07, 6.45) is 0.902. The molecule has 17 heavy (non-hydrogen) atoms. The van der Waals surface area contributed by atoms with E-state index in [9.17, 15) is 0 Å². The van der Waals surface area contributed by atoms with Gasteiger partial charge in [-0.1, -0.05) is 0 Å². The van der Waals surface area contributed by atoms with Crippen LogP contribution < -0.4 is 9.47 Å². The smallest absolute Gasteiger partial charge is 0.161 e. The highest BCUT2D eigenvalue weighted by atomic mass is 16.6. The molecule has 1 aromatic rings. The van der Waals surface area contributed by atoms with Gasteiger partial charge in [-0.2, -0.15) is 0 Å². The maximum atomic E-state index is 8.96. The van der Waals surface area contributed by atoms with Crippen LogP contribution in [-0.2, 0) is 6.42 Å². The number of aliphatic hydroxyl groups is 1. The minimum atomic E-state index is 0.0869. The molecule has 0 spiro atoms. The molecule has 1 heterocycles. The van der Waals surface area contributed by atoms with Crippen molar-refractivity contribution in [3.05, 3.63) is 23.3 Å². The quantitative estimate of drug-likeness (QED) is 0.799. The molecular formula is C13H19NO3. The molecule has 1 aliphatic heterocycles. The van der Waals surface area contributed by atoms with Crippen molar-refractivity contribution in [2.75, 3.05) is 33.5 Å². The van der Waals surface area contributed by atoms with E-state index in [0.717, 1.165) is 24.5 Å². The lowest BCUT2D eigenvalue weighted by Gasteiger charge is -2.21. The number of aryl methyl sites for hydroxylation is 1. The van der Waals surface area contributed by atoms with Gasteiger partial charge in [0, 0.05) is 6.54 Å². The third-order valence-corrected chi connectivity index (χ3v) is 3.01.